The van der Waals surface area contributed by atoms with E-state index in [9.17, 15) is 4.79 Å². The minimum atomic E-state index is -0.528. The van der Waals surface area contributed by atoms with E-state index in [-0.39, 0.29) is 5.57 Å². The van der Waals surface area contributed by atoms with Crippen molar-refractivity contribution in [3.8, 4) is 6.07 Å². The highest BCUT2D eigenvalue weighted by molar-refractivity contribution is 5.93. The Balaban J connectivity index is 4.07. The molecule has 0 saturated carbocycles. The van der Waals surface area contributed by atoms with Crippen LogP contribution in [0.3, 0.4) is 0 Å². The van der Waals surface area contributed by atoms with Crippen LogP contribution in [0.15, 0.2) is 23.9 Å². The topological polar surface area (TPSA) is 53.3 Å². The summed E-state index contributed by atoms with van der Waals surface area (Å²) in [7, 11) is 0. The Morgan fingerprint density at radius 1 is 1.09 bits per heavy atom. The predicted molar refractivity (Wildman–Crippen MR) is 90.1 cm³/mol. The molecule has 124 valence electrons. The predicted octanol–water partition coefficient (Wildman–Crippen LogP) is 4.20. The maximum absolute atomic E-state index is 11.8. The van der Waals surface area contributed by atoms with E-state index in [1.165, 1.54) is 31.8 Å². The number of hydrogen-bond acceptors (Lipinski definition) is 4. The quantitative estimate of drug-likeness (QED) is 0.178. The third-order valence-corrected chi connectivity index (χ3v) is 3.44. The maximum atomic E-state index is 11.8. The zero-order valence-corrected chi connectivity index (χ0v) is 14.3. The van der Waals surface area contributed by atoms with E-state index in [2.05, 4.69) is 25.7 Å². The van der Waals surface area contributed by atoms with Gasteiger partial charge in [0.05, 0.1) is 6.61 Å². The summed E-state index contributed by atoms with van der Waals surface area (Å²) in [6, 6.07) is 1.90. The smallest absolute Gasteiger partial charge is 0.348 e. The van der Waals surface area contributed by atoms with Crippen molar-refractivity contribution in [3.63, 3.8) is 0 Å². The van der Waals surface area contributed by atoms with Crippen molar-refractivity contribution < 1.29 is 9.53 Å². The van der Waals surface area contributed by atoms with Crippen molar-refractivity contribution in [2.75, 3.05) is 19.7 Å². The van der Waals surface area contributed by atoms with Crippen LogP contribution in [0.2, 0.25) is 0 Å². The van der Waals surface area contributed by atoms with E-state index in [4.69, 9.17) is 10.00 Å². The lowest BCUT2D eigenvalue weighted by molar-refractivity contribution is -0.138. The Labute approximate surface area is 135 Å². The zero-order chi connectivity index (χ0) is 16.6. The van der Waals surface area contributed by atoms with Gasteiger partial charge >= 0.3 is 5.97 Å². The van der Waals surface area contributed by atoms with Crippen LogP contribution in [-0.2, 0) is 9.53 Å². The standard InChI is InChI=1S/C18H30N2O2/c1-4-7-8-9-10-11-15-22-18(21)17(16-19)13-12-14-20(5-2)6-3/h12-14H,4-11,15H2,1-3H3/b14-12+,17-13-. The van der Waals surface area contributed by atoms with Crippen molar-refractivity contribution in [1.29, 1.82) is 5.26 Å². The molecular weight excluding hydrogens is 276 g/mol. The molecule has 4 nitrogen and oxygen atoms in total. The van der Waals surface area contributed by atoms with Crippen LogP contribution in [-0.4, -0.2) is 30.6 Å². The van der Waals surface area contributed by atoms with Gasteiger partial charge in [-0.25, -0.2) is 4.79 Å². The second-order valence-electron chi connectivity index (χ2n) is 5.16. The molecule has 0 bridgehead atoms. The van der Waals surface area contributed by atoms with Gasteiger partial charge < -0.3 is 9.64 Å². The number of unbranched alkanes of at least 4 members (excludes halogenated alkanes) is 5. The number of nitrogens with zero attached hydrogens (tertiary/aromatic N) is 2. The van der Waals surface area contributed by atoms with E-state index in [1.807, 2.05) is 12.3 Å². The lowest BCUT2D eigenvalue weighted by atomic mass is 10.1. The van der Waals surface area contributed by atoms with Crippen LogP contribution in [0.4, 0.5) is 0 Å². The lowest BCUT2D eigenvalue weighted by Gasteiger charge is -2.13. The van der Waals surface area contributed by atoms with Gasteiger partial charge in [-0.05, 0) is 38.6 Å². The van der Waals surface area contributed by atoms with Crippen LogP contribution < -0.4 is 0 Å². The molecule has 0 aromatic rings. The Bertz CT molecular complexity index is 390. The van der Waals surface area contributed by atoms with Gasteiger partial charge in [0.15, 0.2) is 0 Å². The van der Waals surface area contributed by atoms with Crippen molar-refractivity contribution in [2.24, 2.45) is 0 Å². The summed E-state index contributed by atoms with van der Waals surface area (Å²) in [4.78, 5) is 13.8. The first-order valence-corrected chi connectivity index (χ1v) is 8.39. The molecule has 0 unspecified atom stereocenters. The molecule has 0 radical (unpaired) electrons. The van der Waals surface area contributed by atoms with Crippen molar-refractivity contribution >= 4 is 5.97 Å². The fourth-order valence-electron chi connectivity index (χ4n) is 1.97. The van der Waals surface area contributed by atoms with Gasteiger partial charge in [0.25, 0.3) is 0 Å². The molecule has 0 saturated heterocycles. The Morgan fingerprint density at radius 2 is 1.73 bits per heavy atom. The number of carbonyl (C=O) groups is 1. The molecule has 0 aliphatic rings. The SMILES string of the molecule is CCCCCCCCOC(=O)/C(C#N)=C\C=C\N(CC)CC. The minimum absolute atomic E-state index is 0.0504. The first-order valence-electron chi connectivity index (χ1n) is 8.39. The van der Waals surface area contributed by atoms with E-state index >= 15 is 0 Å². The van der Waals surface area contributed by atoms with Gasteiger partial charge in [-0.1, -0.05) is 39.0 Å². The van der Waals surface area contributed by atoms with Gasteiger partial charge in [-0.2, -0.15) is 5.26 Å². The second-order valence-corrected chi connectivity index (χ2v) is 5.16. The Morgan fingerprint density at radius 3 is 2.32 bits per heavy atom. The highest BCUT2D eigenvalue weighted by Gasteiger charge is 2.08. The highest BCUT2D eigenvalue weighted by Crippen LogP contribution is 2.06. The number of allylic oxidation sites excluding steroid dienone is 2. The number of ether oxygens (including phenoxy) is 1. The molecule has 0 amide bonds. The third-order valence-electron chi connectivity index (χ3n) is 3.44. The van der Waals surface area contributed by atoms with Crippen LogP contribution >= 0.6 is 0 Å². The molecule has 4 heteroatoms. The molecule has 0 N–H and O–H groups in total. The van der Waals surface area contributed by atoms with Gasteiger partial charge in [0, 0.05) is 13.1 Å². The molecule has 22 heavy (non-hydrogen) atoms. The average molecular weight is 306 g/mol. The summed E-state index contributed by atoms with van der Waals surface area (Å²) in [5.41, 5.74) is 0.0504. The van der Waals surface area contributed by atoms with Crippen LogP contribution in [0.5, 0.6) is 0 Å². The molecule has 0 rings (SSSR count). The maximum Gasteiger partial charge on any atom is 0.348 e. The summed E-state index contributed by atoms with van der Waals surface area (Å²) in [5.74, 6) is -0.528. The van der Waals surface area contributed by atoms with Crippen LogP contribution in [0, 0.1) is 11.3 Å². The largest absolute Gasteiger partial charge is 0.462 e. The van der Waals surface area contributed by atoms with Crippen LogP contribution in [0.1, 0.15) is 59.3 Å². The van der Waals surface area contributed by atoms with Gasteiger partial charge in [0.1, 0.15) is 11.6 Å². The lowest BCUT2D eigenvalue weighted by Crippen LogP contribution is -2.15. The zero-order valence-electron chi connectivity index (χ0n) is 14.3. The summed E-state index contributed by atoms with van der Waals surface area (Å²) in [6.07, 6.45) is 12.0. The summed E-state index contributed by atoms with van der Waals surface area (Å²) in [5, 5.41) is 9.01. The fourth-order valence-corrected chi connectivity index (χ4v) is 1.97. The normalized spacial score (nSPS) is 11.5. The molecule has 0 fully saturated rings. The monoisotopic (exact) mass is 306 g/mol. The fraction of sp³-hybridized carbons (Fsp3) is 0.667. The molecule has 0 spiro atoms. The first kappa shape index (κ1) is 20.2. The first-order chi connectivity index (χ1) is 10.7. The molecule has 0 aromatic carbocycles. The number of rotatable bonds is 12. The summed E-state index contributed by atoms with van der Waals surface area (Å²) in [6.45, 7) is 8.47. The van der Waals surface area contributed by atoms with Gasteiger partial charge in [-0.3, -0.25) is 0 Å². The molecule has 0 aromatic heterocycles. The Hall–Kier alpha value is -1.76. The number of carbonyl (C=O) groups excluding carboxylic acids is 1. The molecule has 0 aliphatic heterocycles. The van der Waals surface area contributed by atoms with Gasteiger partial charge in [-0.15, -0.1) is 0 Å². The highest BCUT2D eigenvalue weighted by atomic mass is 16.5. The number of esters is 1. The Kier molecular flexibility index (Phi) is 13.1. The summed E-state index contributed by atoms with van der Waals surface area (Å²) >= 11 is 0. The van der Waals surface area contributed by atoms with Crippen molar-refractivity contribution in [2.45, 2.75) is 59.3 Å². The summed E-state index contributed by atoms with van der Waals surface area (Å²) < 4.78 is 5.13. The van der Waals surface area contributed by atoms with E-state index in [0.29, 0.717) is 6.61 Å². The van der Waals surface area contributed by atoms with Crippen molar-refractivity contribution in [3.05, 3.63) is 23.9 Å². The van der Waals surface area contributed by atoms with Crippen LogP contribution in [0.25, 0.3) is 0 Å². The molecule has 0 atom stereocenters. The average Bonchev–Trinajstić information content (AvgIpc) is 2.54. The van der Waals surface area contributed by atoms with Crippen molar-refractivity contribution in [1.82, 2.24) is 4.90 Å². The third kappa shape index (κ3) is 10.0. The van der Waals surface area contributed by atoms with E-state index in [1.54, 1.807) is 6.08 Å². The number of hydrogen-bond donors (Lipinski definition) is 0. The molecule has 0 heterocycles. The molecule has 0 aliphatic carbocycles. The second kappa shape index (κ2) is 14.2. The van der Waals surface area contributed by atoms with Gasteiger partial charge in [0.2, 0.25) is 0 Å². The van der Waals surface area contributed by atoms with E-state index < -0.39 is 5.97 Å². The minimum Gasteiger partial charge on any atom is -0.462 e. The molecular formula is C18H30N2O2. The van der Waals surface area contributed by atoms with E-state index in [0.717, 1.165) is 25.9 Å². The number of nitriles is 1.